The Morgan fingerprint density at radius 2 is 1.96 bits per heavy atom. The molecule has 2 aliphatic rings. The van der Waals surface area contributed by atoms with Gasteiger partial charge in [0, 0.05) is 44.2 Å². The lowest BCUT2D eigenvalue weighted by molar-refractivity contribution is 0.0668. The van der Waals surface area contributed by atoms with Crippen molar-refractivity contribution in [2.45, 2.75) is 38.0 Å². The van der Waals surface area contributed by atoms with Gasteiger partial charge in [-0.15, -0.1) is 0 Å². The lowest BCUT2D eigenvalue weighted by atomic mass is 9.94. The molecule has 0 radical (unpaired) electrons. The Bertz CT molecular complexity index is 771. The number of nitrogens with zero attached hydrogens (tertiary/aromatic N) is 3. The number of hydrogen-bond donors (Lipinski definition) is 0. The maximum absolute atomic E-state index is 13.1. The molecule has 27 heavy (non-hydrogen) atoms. The monoisotopic (exact) mass is 373 g/mol. The summed E-state index contributed by atoms with van der Waals surface area (Å²) in [5.41, 5.74) is 0.525. The third-order valence-electron chi connectivity index (χ3n) is 5.43. The summed E-state index contributed by atoms with van der Waals surface area (Å²) in [5.74, 6) is 1.67. The molecule has 4 rings (SSSR count). The molecule has 0 aliphatic carbocycles. The fourth-order valence-corrected chi connectivity index (χ4v) is 3.91. The Kier molecular flexibility index (Phi) is 5.48. The van der Waals surface area contributed by atoms with E-state index in [1.54, 1.807) is 12.1 Å². The van der Waals surface area contributed by atoms with Gasteiger partial charge in [-0.2, -0.15) is 4.98 Å². The van der Waals surface area contributed by atoms with Crippen LogP contribution < -0.4 is 0 Å². The molecule has 2 saturated heterocycles. The lowest BCUT2D eigenvalue weighted by Gasteiger charge is -2.32. The molecule has 3 heterocycles. The predicted octanol–water partition coefficient (Wildman–Crippen LogP) is 3.20. The number of hydrogen-bond acceptors (Lipinski definition) is 5. The molecule has 1 atom stereocenters. The van der Waals surface area contributed by atoms with Gasteiger partial charge in [0.1, 0.15) is 5.82 Å². The van der Waals surface area contributed by atoms with Gasteiger partial charge in [-0.05, 0) is 55.9 Å². The molecule has 7 heteroatoms. The van der Waals surface area contributed by atoms with Gasteiger partial charge in [-0.3, -0.25) is 4.79 Å². The number of rotatable bonds is 4. The molecule has 0 N–H and O–H groups in total. The molecular weight excluding hydrogens is 349 g/mol. The van der Waals surface area contributed by atoms with Crippen LogP contribution in [0.5, 0.6) is 0 Å². The zero-order valence-electron chi connectivity index (χ0n) is 15.3. The zero-order chi connectivity index (χ0) is 18.6. The van der Waals surface area contributed by atoms with Crippen LogP contribution in [0.2, 0.25) is 0 Å². The van der Waals surface area contributed by atoms with Crippen LogP contribution in [0.25, 0.3) is 0 Å². The number of halogens is 1. The van der Waals surface area contributed by atoms with E-state index in [0.717, 1.165) is 51.3 Å². The van der Waals surface area contributed by atoms with Crippen molar-refractivity contribution in [2.24, 2.45) is 5.92 Å². The largest absolute Gasteiger partial charge is 0.381 e. The smallest absolute Gasteiger partial charge is 0.253 e. The van der Waals surface area contributed by atoms with Gasteiger partial charge in [0.25, 0.3) is 5.91 Å². The first-order valence-electron chi connectivity index (χ1n) is 9.64. The fraction of sp³-hybridized carbons (Fsp3) is 0.550. The van der Waals surface area contributed by atoms with Gasteiger partial charge in [0.2, 0.25) is 5.89 Å². The Labute approximate surface area is 157 Å². The summed E-state index contributed by atoms with van der Waals surface area (Å²) in [6.07, 6.45) is 4.52. The number of piperidine rings is 1. The third kappa shape index (κ3) is 4.35. The van der Waals surface area contributed by atoms with Crippen LogP contribution in [0.4, 0.5) is 4.39 Å². The topological polar surface area (TPSA) is 68.5 Å². The summed E-state index contributed by atoms with van der Waals surface area (Å²) >= 11 is 0. The molecule has 0 bridgehead atoms. The number of aromatic nitrogens is 2. The Hall–Kier alpha value is -2.28. The SMILES string of the molecule is O=C(c1ccc(F)cc1)N1CCCC(Cc2nc(C3CCOCC3)no2)C1. The average Bonchev–Trinajstić information content (AvgIpc) is 3.17. The van der Waals surface area contributed by atoms with Crippen molar-refractivity contribution in [1.29, 1.82) is 0 Å². The summed E-state index contributed by atoms with van der Waals surface area (Å²) < 4.78 is 23.9. The highest BCUT2D eigenvalue weighted by atomic mass is 19.1. The van der Waals surface area contributed by atoms with Crippen molar-refractivity contribution < 1.29 is 18.4 Å². The van der Waals surface area contributed by atoms with Crippen LogP contribution in [0.15, 0.2) is 28.8 Å². The van der Waals surface area contributed by atoms with Gasteiger partial charge in [0.05, 0.1) is 0 Å². The molecular formula is C20H24FN3O3. The third-order valence-corrected chi connectivity index (χ3v) is 5.43. The molecule has 0 spiro atoms. The van der Waals surface area contributed by atoms with E-state index < -0.39 is 0 Å². The number of carbonyl (C=O) groups excluding carboxylic acids is 1. The molecule has 144 valence electrons. The number of carbonyl (C=O) groups is 1. The molecule has 1 aromatic heterocycles. The van der Waals surface area contributed by atoms with Crippen LogP contribution >= 0.6 is 0 Å². The summed E-state index contributed by atoms with van der Waals surface area (Å²) in [6.45, 7) is 2.88. The summed E-state index contributed by atoms with van der Waals surface area (Å²) in [6, 6.07) is 5.73. The van der Waals surface area contributed by atoms with Gasteiger partial charge in [-0.1, -0.05) is 5.16 Å². The van der Waals surface area contributed by atoms with Crippen LogP contribution in [-0.4, -0.2) is 47.3 Å². The molecule has 1 amide bonds. The molecule has 1 unspecified atom stereocenters. The Morgan fingerprint density at radius 1 is 1.19 bits per heavy atom. The highest BCUT2D eigenvalue weighted by Gasteiger charge is 2.27. The quantitative estimate of drug-likeness (QED) is 0.823. The molecule has 2 aliphatic heterocycles. The number of ether oxygens (including phenoxy) is 1. The normalized spacial score (nSPS) is 21.4. The van der Waals surface area contributed by atoms with Crippen molar-refractivity contribution in [1.82, 2.24) is 15.0 Å². The summed E-state index contributed by atoms with van der Waals surface area (Å²) in [5, 5.41) is 4.16. The van der Waals surface area contributed by atoms with Gasteiger partial charge in [-0.25, -0.2) is 4.39 Å². The zero-order valence-corrected chi connectivity index (χ0v) is 15.3. The first-order valence-corrected chi connectivity index (χ1v) is 9.64. The van der Waals surface area contributed by atoms with Gasteiger partial charge < -0.3 is 14.2 Å². The van der Waals surface area contributed by atoms with Crippen molar-refractivity contribution in [3.8, 4) is 0 Å². The summed E-state index contributed by atoms with van der Waals surface area (Å²) in [4.78, 5) is 19.1. The number of amides is 1. The van der Waals surface area contributed by atoms with E-state index in [0.29, 0.717) is 36.3 Å². The minimum Gasteiger partial charge on any atom is -0.381 e. The second-order valence-corrected chi connectivity index (χ2v) is 7.40. The highest BCUT2D eigenvalue weighted by Crippen LogP contribution is 2.26. The van der Waals surface area contributed by atoms with Crippen LogP contribution in [0.1, 0.15) is 53.7 Å². The van der Waals surface area contributed by atoms with Crippen LogP contribution in [0, 0.1) is 11.7 Å². The molecule has 0 saturated carbocycles. The molecule has 2 fully saturated rings. The standard InChI is InChI=1S/C20H24FN3O3/c21-17-5-3-16(4-6-17)20(25)24-9-1-2-14(13-24)12-18-22-19(23-27-18)15-7-10-26-11-8-15/h3-6,14-15H,1-2,7-13H2. The van der Waals surface area contributed by atoms with E-state index in [4.69, 9.17) is 9.26 Å². The van der Waals surface area contributed by atoms with Crippen molar-refractivity contribution in [3.63, 3.8) is 0 Å². The Morgan fingerprint density at radius 3 is 2.74 bits per heavy atom. The Balaban J connectivity index is 1.36. The van der Waals surface area contributed by atoms with E-state index >= 15 is 0 Å². The number of benzene rings is 1. The number of likely N-dealkylation sites (tertiary alicyclic amines) is 1. The van der Waals surface area contributed by atoms with E-state index in [-0.39, 0.29) is 11.7 Å². The minimum absolute atomic E-state index is 0.0480. The van der Waals surface area contributed by atoms with Crippen molar-refractivity contribution >= 4 is 5.91 Å². The summed E-state index contributed by atoms with van der Waals surface area (Å²) in [7, 11) is 0. The van der Waals surface area contributed by atoms with E-state index in [2.05, 4.69) is 10.1 Å². The van der Waals surface area contributed by atoms with Gasteiger partial charge in [0.15, 0.2) is 5.82 Å². The fourth-order valence-electron chi connectivity index (χ4n) is 3.91. The van der Waals surface area contributed by atoms with E-state index in [1.807, 2.05) is 4.90 Å². The maximum Gasteiger partial charge on any atom is 0.253 e. The van der Waals surface area contributed by atoms with Crippen molar-refractivity contribution in [3.05, 3.63) is 47.4 Å². The predicted molar refractivity (Wildman–Crippen MR) is 95.8 cm³/mol. The average molecular weight is 373 g/mol. The van der Waals surface area contributed by atoms with Crippen LogP contribution in [-0.2, 0) is 11.2 Å². The molecule has 6 nitrogen and oxygen atoms in total. The minimum atomic E-state index is -0.334. The molecule has 1 aromatic carbocycles. The van der Waals surface area contributed by atoms with E-state index in [9.17, 15) is 9.18 Å². The second-order valence-electron chi connectivity index (χ2n) is 7.40. The highest BCUT2D eigenvalue weighted by molar-refractivity contribution is 5.94. The first kappa shape index (κ1) is 18.1. The lowest BCUT2D eigenvalue weighted by Crippen LogP contribution is -2.40. The van der Waals surface area contributed by atoms with Gasteiger partial charge >= 0.3 is 0 Å². The maximum atomic E-state index is 13.1. The van der Waals surface area contributed by atoms with Crippen LogP contribution in [0.3, 0.4) is 0 Å². The first-order chi connectivity index (χ1) is 13.2. The molecule has 2 aromatic rings. The van der Waals surface area contributed by atoms with E-state index in [1.165, 1.54) is 12.1 Å². The van der Waals surface area contributed by atoms with Crippen molar-refractivity contribution in [2.75, 3.05) is 26.3 Å². The second kappa shape index (κ2) is 8.17.